The molecule has 0 radical (unpaired) electrons. The maximum absolute atomic E-state index is 5.59. The molecule has 3 nitrogen and oxygen atoms in total. The molecule has 0 spiro atoms. The molecule has 0 bridgehead atoms. The van der Waals surface area contributed by atoms with Crippen molar-refractivity contribution in [2.75, 3.05) is 0 Å². The van der Waals surface area contributed by atoms with Gasteiger partial charge in [-0.2, -0.15) is 5.10 Å². The van der Waals surface area contributed by atoms with Crippen LogP contribution >= 0.6 is 0 Å². The minimum atomic E-state index is 0.583. The molecule has 0 saturated carbocycles. The van der Waals surface area contributed by atoms with Gasteiger partial charge in [-0.3, -0.25) is 4.68 Å². The molecule has 1 aromatic heterocycles. The Kier molecular flexibility index (Phi) is 3.96. The second-order valence-electron chi connectivity index (χ2n) is 3.39. The Hall–Kier alpha value is -0.830. The standard InChI is InChI=1S/C10H19N3/c1-3-9(4-2)8-13-10(7-11)5-6-12-13/h5-6,9H,3-4,7-8,11H2,1-2H3. The Morgan fingerprint density at radius 1 is 1.46 bits per heavy atom. The predicted octanol–water partition coefficient (Wildman–Crippen LogP) is 1.78. The molecule has 1 heterocycles. The maximum atomic E-state index is 5.59. The first-order valence-electron chi connectivity index (χ1n) is 5.02. The topological polar surface area (TPSA) is 43.8 Å². The second kappa shape index (κ2) is 5.02. The molecule has 2 N–H and O–H groups in total. The highest BCUT2D eigenvalue weighted by Gasteiger charge is 2.07. The maximum Gasteiger partial charge on any atom is 0.0519 e. The fraction of sp³-hybridized carbons (Fsp3) is 0.700. The van der Waals surface area contributed by atoms with Crippen LogP contribution in [0.25, 0.3) is 0 Å². The lowest BCUT2D eigenvalue weighted by Gasteiger charge is -2.13. The first-order chi connectivity index (χ1) is 6.31. The number of aromatic nitrogens is 2. The van der Waals surface area contributed by atoms with Crippen molar-refractivity contribution in [3.8, 4) is 0 Å². The second-order valence-corrected chi connectivity index (χ2v) is 3.39. The Balaban J connectivity index is 2.61. The highest BCUT2D eigenvalue weighted by Crippen LogP contribution is 2.11. The van der Waals surface area contributed by atoms with E-state index >= 15 is 0 Å². The van der Waals surface area contributed by atoms with Crippen molar-refractivity contribution in [1.82, 2.24) is 9.78 Å². The number of hydrogen-bond acceptors (Lipinski definition) is 2. The largest absolute Gasteiger partial charge is 0.325 e. The third-order valence-electron chi connectivity index (χ3n) is 2.60. The molecule has 0 aliphatic rings. The van der Waals surface area contributed by atoms with Crippen LogP contribution in [-0.2, 0) is 13.1 Å². The van der Waals surface area contributed by atoms with Crippen LogP contribution in [0.5, 0.6) is 0 Å². The van der Waals surface area contributed by atoms with Crippen molar-refractivity contribution in [3.63, 3.8) is 0 Å². The molecule has 0 saturated heterocycles. The summed E-state index contributed by atoms with van der Waals surface area (Å²) in [4.78, 5) is 0. The molecule has 13 heavy (non-hydrogen) atoms. The first-order valence-corrected chi connectivity index (χ1v) is 5.02. The summed E-state index contributed by atoms with van der Waals surface area (Å²) in [5.41, 5.74) is 6.72. The van der Waals surface area contributed by atoms with E-state index in [0.717, 1.165) is 18.2 Å². The van der Waals surface area contributed by atoms with E-state index in [1.54, 1.807) is 0 Å². The molecule has 1 rings (SSSR count). The van der Waals surface area contributed by atoms with Gasteiger partial charge in [0.1, 0.15) is 0 Å². The van der Waals surface area contributed by atoms with Crippen LogP contribution < -0.4 is 5.73 Å². The van der Waals surface area contributed by atoms with Crippen LogP contribution in [0.15, 0.2) is 12.3 Å². The van der Waals surface area contributed by atoms with E-state index in [0.29, 0.717) is 6.54 Å². The van der Waals surface area contributed by atoms with Gasteiger partial charge >= 0.3 is 0 Å². The fourth-order valence-corrected chi connectivity index (χ4v) is 1.49. The molecule has 0 amide bonds. The number of hydrogen-bond donors (Lipinski definition) is 1. The normalized spacial score (nSPS) is 11.1. The molecule has 0 atom stereocenters. The molecule has 0 aliphatic carbocycles. The smallest absolute Gasteiger partial charge is 0.0519 e. The zero-order valence-electron chi connectivity index (χ0n) is 8.53. The molecule has 74 valence electrons. The Morgan fingerprint density at radius 3 is 2.69 bits per heavy atom. The number of nitrogens with zero attached hydrogens (tertiary/aromatic N) is 2. The summed E-state index contributed by atoms with van der Waals surface area (Å²) < 4.78 is 2.03. The van der Waals surface area contributed by atoms with E-state index in [4.69, 9.17) is 5.73 Å². The molecular weight excluding hydrogens is 162 g/mol. The van der Waals surface area contributed by atoms with Gasteiger partial charge in [0.2, 0.25) is 0 Å². The quantitative estimate of drug-likeness (QED) is 0.752. The SMILES string of the molecule is CCC(CC)Cn1nccc1CN. The third kappa shape index (κ3) is 2.56. The zero-order chi connectivity index (χ0) is 9.68. The highest BCUT2D eigenvalue weighted by molar-refractivity contribution is 4.99. The summed E-state index contributed by atoms with van der Waals surface area (Å²) in [5, 5.41) is 4.26. The van der Waals surface area contributed by atoms with Crippen molar-refractivity contribution in [3.05, 3.63) is 18.0 Å². The summed E-state index contributed by atoms with van der Waals surface area (Å²) >= 11 is 0. The van der Waals surface area contributed by atoms with Gasteiger partial charge in [-0.1, -0.05) is 26.7 Å². The summed E-state index contributed by atoms with van der Waals surface area (Å²) in [6, 6.07) is 1.99. The molecule has 0 aliphatic heterocycles. The molecule has 0 fully saturated rings. The summed E-state index contributed by atoms with van der Waals surface area (Å²) in [6.45, 7) is 6.03. The minimum absolute atomic E-state index is 0.583. The van der Waals surface area contributed by atoms with Crippen LogP contribution in [0, 0.1) is 5.92 Å². The summed E-state index contributed by atoms with van der Waals surface area (Å²) in [7, 11) is 0. The monoisotopic (exact) mass is 181 g/mol. The first kappa shape index (κ1) is 10.3. The van der Waals surface area contributed by atoms with Gasteiger partial charge in [0, 0.05) is 19.3 Å². The van der Waals surface area contributed by atoms with E-state index in [9.17, 15) is 0 Å². The Bertz CT molecular complexity index is 238. The number of rotatable bonds is 5. The van der Waals surface area contributed by atoms with Crippen molar-refractivity contribution in [2.45, 2.75) is 39.8 Å². The van der Waals surface area contributed by atoms with Crippen LogP contribution in [0.2, 0.25) is 0 Å². The molecular formula is C10H19N3. The van der Waals surface area contributed by atoms with E-state index in [-0.39, 0.29) is 0 Å². The molecule has 1 aromatic rings. The third-order valence-corrected chi connectivity index (χ3v) is 2.60. The number of nitrogens with two attached hydrogens (primary N) is 1. The summed E-state index contributed by atoms with van der Waals surface area (Å²) in [6.07, 6.45) is 4.24. The Labute approximate surface area is 79.9 Å². The van der Waals surface area contributed by atoms with Gasteiger partial charge in [-0.25, -0.2) is 0 Å². The Morgan fingerprint density at radius 2 is 2.15 bits per heavy atom. The molecule has 3 heteroatoms. The van der Waals surface area contributed by atoms with Gasteiger partial charge in [0.25, 0.3) is 0 Å². The van der Waals surface area contributed by atoms with Crippen LogP contribution in [0.3, 0.4) is 0 Å². The zero-order valence-corrected chi connectivity index (χ0v) is 8.53. The summed E-state index contributed by atoms with van der Waals surface area (Å²) in [5.74, 6) is 0.727. The van der Waals surface area contributed by atoms with Crippen molar-refractivity contribution in [1.29, 1.82) is 0 Å². The lowest BCUT2D eigenvalue weighted by Crippen LogP contribution is -2.14. The van der Waals surface area contributed by atoms with Crippen LogP contribution in [-0.4, -0.2) is 9.78 Å². The van der Waals surface area contributed by atoms with E-state index in [1.807, 2.05) is 16.9 Å². The molecule has 0 unspecified atom stereocenters. The van der Waals surface area contributed by atoms with Crippen LogP contribution in [0.4, 0.5) is 0 Å². The van der Waals surface area contributed by atoms with Gasteiger partial charge in [-0.15, -0.1) is 0 Å². The average molecular weight is 181 g/mol. The fourth-order valence-electron chi connectivity index (χ4n) is 1.49. The lowest BCUT2D eigenvalue weighted by atomic mass is 10.0. The average Bonchev–Trinajstić information content (AvgIpc) is 2.61. The van der Waals surface area contributed by atoms with E-state index in [2.05, 4.69) is 18.9 Å². The van der Waals surface area contributed by atoms with Gasteiger partial charge in [-0.05, 0) is 12.0 Å². The van der Waals surface area contributed by atoms with Crippen LogP contribution in [0.1, 0.15) is 32.4 Å². The highest BCUT2D eigenvalue weighted by atomic mass is 15.3. The lowest BCUT2D eigenvalue weighted by molar-refractivity contribution is 0.388. The minimum Gasteiger partial charge on any atom is -0.325 e. The van der Waals surface area contributed by atoms with E-state index < -0.39 is 0 Å². The van der Waals surface area contributed by atoms with Crippen molar-refractivity contribution in [2.24, 2.45) is 11.7 Å². The van der Waals surface area contributed by atoms with E-state index in [1.165, 1.54) is 12.8 Å². The predicted molar refractivity (Wildman–Crippen MR) is 54.2 cm³/mol. The van der Waals surface area contributed by atoms with Crippen molar-refractivity contribution < 1.29 is 0 Å². The van der Waals surface area contributed by atoms with Gasteiger partial charge in [0.05, 0.1) is 5.69 Å². The van der Waals surface area contributed by atoms with Crippen molar-refractivity contribution >= 4 is 0 Å². The van der Waals surface area contributed by atoms with Gasteiger partial charge < -0.3 is 5.73 Å². The molecule has 0 aromatic carbocycles. The van der Waals surface area contributed by atoms with Gasteiger partial charge in [0.15, 0.2) is 0 Å².